The van der Waals surface area contributed by atoms with E-state index in [-0.39, 0.29) is 0 Å². The van der Waals surface area contributed by atoms with Gasteiger partial charge >= 0.3 is 0 Å². The average Bonchev–Trinajstić information content (AvgIpc) is 2.19. The molecule has 2 N–H and O–H groups in total. The summed E-state index contributed by atoms with van der Waals surface area (Å²) in [5.41, 5.74) is 5.51. The zero-order valence-corrected chi connectivity index (χ0v) is 9.19. The third-order valence-corrected chi connectivity index (χ3v) is 3.08. The van der Waals surface area contributed by atoms with Crippen molar-refractivity contribution in [2.24, 2.45) is 5.92 Å². The lowest BCUT2D eigenvalue weighted by molar-refractivity contribution is 0.318. The van der Waals surface area contributed by atoms with Gasteiger partial charge < -0.3 is 10.6 Å². The predicted molar refractivity (Wildman–Crippen MR) is 61.7 cm³/mol. The summed E-state index contributed by atoms with van der Waals surface area (Å²) in [5, 5.41) is 8.00. The van der Waals surface area contributed by atoms with Crippen LogP contribution in [0.15, 0.2) is 12.1 Å². The monoisotopic (exact) mass is 206 g/mol. The Hall–Kier alpha value is -1.32. The summed E-state index contributed by atoms with van der Waals surface area (Å²) in [6.07, 6.45) is 4.10. The first kappa shape index (κ1) is 10.2. The molecule has 0 radical (unpaired) electrons. The SMILES string of the molecule is CCN(CC1CCC1)c1ccc(N)nn1. The zero-order chi connectivity index (χ0) is 10.7. The first-order chi connectivity index (χ1) is 7.29. The Labute approximate surface area is 90.5 Å². The van der Waals surface area contributed by atoms with Crippen molar-refractivity contribution in [3.63, 3.8) is 0 Å². The minimum Gasteiger partial charge on any atom is -0.382 e. The maximum absolute atomic E-state index is 5.51. The largest absolute Gasteiger partial charge is 0.382 e. The fourth-order valence-corrected chi connectivity index (χ4v) is 1.88. The average molecular weight is 206 g/mol. The summed E-state index contributed by atoms with van der Waals surface area (Å²) >= 11 is 0. The molecule has 1 aliphatic rings. The Morgan fingerprint density at radius 3 is 2.67 bits per heavy atom. The molecule has 0 spiro atoms. The van der Waals surface area contributed by atoms with Gasteiger partial charge in [0.25, 0.3) is 0 Å². The van der Waals surface area contributed by atoms with Crippen molar-refractivity contribution in [2.45, 2.75) is 26.2 Å². The zero-order valence-electron chi connectivity index (χ0n) is 9.19. The second-order valence-electron chi connectivity index (χ2n) is 4.15. The molecular weight excluding hydrogens is 188 g/mol. The molecule has 1 saturated carbocycles. The molecule has 15 heavy (non-hydrogen) atoms. The van der Waals surface area contributed by atoms with E-state index in [0.29, 0.717) is 5.82 Å². The Kier molecular flexibility index (Phi) is 3.04. The van der Waals surface area contributed by atoms with Crippen LogP contribution in [0.2, 0.25) is 0 Å². The van der Waals surface area contributed by atoms with Crippen LogP contribution in [-0.4, -0.2) is 23.3 Å². The van der Waals surface area contributed by atoms with Crippen molar-refractivity contribution < 1.29 is 0 Å². The number of anilines is 2. The Balaban J connectivity index is 2.01. The van der Waals surface area contributed by atoms with Gasteiger partial charge in [-0.3, -0.25) is 0 Å². The molecule has 0 aliphatic heterocycles. The number of nitrogens with zero attached hydrogens (tertiary/aromatic N) is 3. The van der Waals surface area contributed by atoms with E-state index in [1.165, 1.54) is 19.3 Å². The van der Waals surface area contributed by atoms with Crippen molar-refractivity contribution in [2.75, 3.05) is 23.7 Å². The van der Waals surface area contributed by atoms with Gasteiger partial charge in [0, 0.05) is 13.1 Å². The van der Waals surface area contributed by atoms with Gasteiger partial charge in [0.2, 0.25) is 0 Å². The smallest absolute Gasteiger partial charge is 0.151 e. The topological polar surface area (TPSA) is 55.0 Å². The van der Waals surface area contributed by atoms with Gasteiger partial charge in [-0.25, -0.2) is 0 Å². The van der Waals surface area contributed by atoms with Crippen molar-refractivity contribution in [1.29, 1.82) is 0 Å². The normalized spacial score (nSPS) is 16.1. The van der Waals surface area contributed by atoms with Crippen LogP contribution < -0.4 is 10.6 Å². The van der Waals surface area contributed by atoms with Crippen molar-refractivity contribution >= 4 is 11.6 Å². The fraction of sp³-hybridized carbons (Fsp3) is 0.636. The molecule has 1 aromatic rings. The lowest BCUT2D eigenvalue weighted by atomic mass is 9.85. The van der Waals surface area contributed by atoms with Gasteiger partial charge in [-0.2, -0.15) is 0 Å². The number of nitrogen functional groups attached to an aromatic ring is 1. The van der Waals surface area contributed by atoms with Crippen LogP contribution in [0, 0.1) is 5.92 Å². The summed E-state index contributed by atoms with van der Waals surface area (Å²) in [6.45, 7) is 4.24. The molecule has 0 atom stereocenters. The highest BCUT2D eigenvalue weighted by Gasteiger charge is 2.20. The second-order valence-corrected chi connectivity index (χ2v) is 4.15. The molecule has 2 rings (SSSR count). The number of rotatable bonds is 4. The van der Waals surface area contributed by atoms with Crippen LogP contribution in [-0.2, 0) is 0 Å². The van der Waals surface area contributed by atoms with Crippen LogP contribution in [0.1, 0.15) is 26.2 Å². The van der Waals surface area contributed by atoms with Gasteiger partial charge in [-0.1, -0.05) is 6.42 Å². The summed E-state index contributed by atoms with van der Waals surface area (Å²) in [7, 11) is 0. The highest BCUT2D eigenvalue weighted by atomic mass is 15.3. The first-order valence-corrected chi connectivity index (χ1v) is 5.63. The number of hydrogen-bond donors (Lipinski definition) is 1. The highest BCUT2D eigenvalue weighted by Crippen LogP contribution is 2.28. The molecule has 1 aliphatic carbocycles. The predicted octanol–water partition coefficient (Wildman–Crippen LogP) is 1.69. The molecule has 4 heteroatoms. The molecule has 0 saturated heterocycles. The van der Waals surface area contributed by atoms with Gasteiger partial charge in [0.1, 0.15) is 5.82 Å². The van der Waals surface area contributed by atoms with E-state index in [2.05, 4.69) is 22.0 Å². The summed E-state index contributed by atoms with van der Waals surface area (Å²) < 4.78 is 0. The number of aromatic nitrogens is 2. The van der Waals surface area contributed by atoms with Crippen molar-refractivity contribution in [1.82, 2.24) is 10.2 Å². The molecule has 0 bridgehead atoms. The van der Waals surface area contributed by atoms with E-state index in [0.717, 1.165) is 24.8 Å². The molecule has 0 amide bonds. The van der Waals surface area contributed by atoms with Crippen molar-refractivity contribution in [3.8, 4) is 0 Å². The minimum absolute atomic E-state index is 0.485. The summed E-state index contributed by atoms with van der Waals surface area (Å²) in [6, 6.07) is 3.76. The Bertz CT molecular complexity index is 305. The van der Waals surface area contributed by atoms with E-state index < -0.39 is 0 Å². The molecule has 0 aromatic carbocycles. The van der Waals surface area contributed by atoms with Crippen LogP contribution in [0.5, 0.6) is 0 Å². The van der Waals surface area contributed by atoms with E-state index in [1.54, 1.807) is 0 Å². The lowest BCUT2D eigenvalue weighted by Gasteiger charge is -2.32. The standard InChI is InChI=1S/C11H18N4/c1-2-15(8-9-4-3-5-9)11-7-6-10(12)13-14-11/h6-7,9H,2-5,8H2,1H3,(H2,12,13). The first-order valence-electron chi connectivity index (χ1n) is 5.63. The van der Waals surface area contributed by atoms with E-state index in [4.69, 9.17) is 5.73 Å². The molecule has 0 unspecified atom stereocenters. The van der Waals surface area contributed by atoms with Crippen LogP contribution in [0.3, 0.4) is 0 Å². The Morgan fingerprint density at radius 2 is 2.20 bits per heavy atom. The molecule has 1 aromatic heterocycles. The van der Waals surface area contributed by atoms with Gasteiger partial charge in [0.15, 0.2) is 5.82 Å². The third kappa shape index (κ3) is 2.37. The van der Waals surface area contributed by atoms with Gasteiger partial charge in [-0.05, 0) is 37.8 Å². The molecular formula is C11H18N4. The van der Waals surface area contributed by atoms with Gasteiger partial charge in [0.05, 0.1) is 0 Å². The molecule has 4 nitrogen and oxygen atoms in total. The third-order valence-electron chi connectivity index (χ3n) is 3.08. The second kappa shape index (κ2) is 4.47. The summed E-state index contributed by atoms with van der Waals surface area (Å²) in [4.78, 5) is 2.27. The molecule has 1 heterocycles. The van der Waals surface area contributed by atoms with E-state index >= 15 is 0 Å². The maximum atomic E-state index is 5.51. The van der Waals surface area contributed by atoms with Crippen LogP contribution >= 0.6 is 0 Å². The van der Waals surface area contributed by atoms with E-state index in [1.807, 2.05) is 12.1 Å². The highest BCUT2D eigenvalue weighted by molar-refractivity contribution is 5.41. The van der Waals surface area contributed by atoms with Crippen LogP contribution in [0.25, 0.3) is 0 Å². The summed E-state index contributed by atoms with van der Waals surface area (Å²) in [5.74, 6) is 2.28. The quantitative estimate of drug-likeness (QED) is 0.814. The Morgan fingerprint density at radius 1 is 1.40 bits per heavy atom. The molecule has 1 fully saturated rings. The van der Waals surface area contributed by atoms with Crippen LogP contribution in [0.4, 0.5) is 11.6 Å². The number of hydrogen-bond acceptors (Lipinski definition) is 4. The fourth-order valence-electron chi connectivity index (χ4n) is 1.88. The van der Waals surface area contributed by atoms with Crippen molar-refractivity contribution in [3.05, 3.63) is 12.1 Å². The minimum atomic E-state index is 0.485. The van der Waals surface area contributed by atoms with Gasteiger partial charge in [-0.15, -0.1) is 10.2 Å². The number of nitrogens with two attached hydrogens (primary N) is 1. The van der Waals surface area contributed by atoms with E-state index in [9.17, 15) is 0 Å². The maximum Gasteiger partial charge on any atom is 0.151 e. The lowest BCUT2D eigenvalue weighted by Crippen LogP contribution is -2.33. The molecule has 82 valence electrons.